The van der Waals surface area contributed by atoms with Crippen molar-refractivity contribution in [3.63, 3.8) is 0 Å². The van der Waals surface area contributed by atoms with Crippen molar-refractivity contribution in [3.8, 4) is 0 Å². The molecule has 4 nitrogen and oxygen atoms in total. The molecule has 1 aliphatic rings. The molecule has 0 aliphatic carbocycles. The molecule has 0 radical (unpaired) electrons. The fourth-order valence-corrected chi connectivity index (χ4v) is 2.35. The molecule has 1 atom stereocenters. The van der Waals surface area contributed by atoms with Crippen LogP contribution < -0.4 is 5.32 Å². The first-order valence-electron chi connectivity index (χ1n) is 5.71. The Kier molecular flexibility index (Phi) is 3.85. The van der Waals surface area contributed by atoms with E-state index in [1.165, 1.54) is 23.1 Å². The summed E-state index contributed by atoms with van der Waals surface area (Å²) in [4.78, 5) is 25.0. The molecule has 1 aromatic rings. The number of hydrogen-bond acceptors (Lipinski definition) is 2. The predicted molar refractivity (Wildman–Crippen MR) is 69.1 cm³/mol. The Morgan fingerprint density at radius 3 is 2.95 bits per heavy atom. The molecule has 0 aromatic heterocycles. The largest absolute Gasteiger partial charge is 0.352 e. The van der Waals surface area contributed by atoms with Gasteiger partial charge in [-0.3, -0.25) is 9.59 Å². The fraction of sp³-hybridized carbons (Fsp3) is 0.231. The van der Waals surface area contributed by atoms with Gasteiger partial charge in [0.15, 0.2) is 0 Å². The summed E-state index contributed by atoms with van der Waals surface area (Å²) in [5.74, 6) is -1.50. The van der Waals surface area contributed by atoms with Gasteiger partial charge in [-0.15, -0.1) is 0 Å². The second kappa shape index (κ2) is 5.40. The van der Waals surface area contributed by atoms with Crippen LogP contribution in [-0.4, -0.2) is 29.8 Å². The molecule has 6 heteroatoms. The summed E-state index contributed by atoms with van der Waals surface area (Å²) in [5.41, 5.74) is 0.0107. The van der Waals surface area contributed by atoms with Gasteiger partial charge in [-0.05, 0) is 18.2 Å². The van der Waals surface area contributed by atoms with Crippen molar-refractivity contribution in [3.05, 3.63) is 47.3 Å². The molecule has 1 saturated heterocycles. The van der Waals surface area contributed by atoms with Crippen molar-refractivity contribution in [1.82, 2.24) is 10.2 Å². The highest BCUT2D eigenvalue weighted by Crippen LogP contribution is 2.31. The minimum absolute atomic E-state index is 0.0107. The summed E-state index contributed by atoms with van der Waals surface area (Å²) in [6.45, 7) is 3.99. The number of hydrogen-bond donors (Lipinski definition) is 1. The Morgan fingerprint density at radius 1 is 1.58 bits per heavy atom. The minimum Gasteiger partial charge on any atom is -0.352 e. The molecular formula is C13H12ClFN2O2. The van der Waals surface area contributed by atoms with Gasteiger partial charge >= 0.3 is 0 Å². The van der Waals surface area contributed by atoms with Crippen molar-refractivity contribution >= 4 is 23.4 Å². The van der Waals surface area contributed by atoms with Crippen molar-refractivity contribution in [2.24, 2.45) is 0 Å². The van der Waals surface area contributed by atoms with Gasteiger partial charge in [-0.2, -0.15) is 0 Å². The lowest BCUT2D eigenvalue weighted by molar-refractivity contribution is -0.140. The molecule has 0 bridgehead atoms. The summed E-state index contributed by atoms with van der Waals surface area (Å²) in [5, 5.41) is 2.72. The van der Waals surface area contributed by atoms with Crippen LogP contribution in [0, 0.1) is 5.82 Å². The zero-order valence-corrected chi connectivity index (χ0v) is 10.8. The van der Waals surface area contributed by atoms with Crippen LogP contribution in [0.4, 0.5) is 4.39 Å². The van der Waals surface area contributed by atoms with Crippen molar-refractivity contribution in [2.45, 2.75) is 6.04 Å². The first-order valence-corrected chi connectivity index (χ1v) is 6.08. The normalized spacial score (nSPS) is 18.9. The van der Waals surface area contributed by atoms with E-state index in [2.05, 4.69) is 11.9 Å². The van der Waals surface area contributed by atoms with Gasteiger partial charge in [0.1, 0.15) is 11.9 Å². The maximum atomic E-state index is 13.9. The second-order valence-electron chi connectivity index (χ2n) is 4.06. The molecule has 100 valence electrons. The van der Waals surface area contributed by atoms with Crippen molar-refractivity contribution in [2.75, 3.05) is 13.1 Å². The van der Waals surface area contributed by atoms with Gasteiger partial charge < -0.3 is 10.2 Å². The summed E-state index contributed by atoms with van der Waals surface area (Å²) in [7, 11) is 0. The highest BCUT2D eigenvalue weighted by molar-refractivity contribution is 6.31. The highest BCUT2D eigenvalue weighted by atomic mass is 35.5. The molecule has 0 spiro atoms. The third-order valence-corrected chi connectivity index (χ3v) is 3.27. The van der Waals surface area contributed by atoms with E-state index in [1.54, 1.807) is 0 Å². The third-order valence-electron chi connectivity index (χ3n) is 2.94. The standard InChI is InChI=1S/C13H12ClFN2O2/c1-2-10(18)17-7-6-16-13(19)12(17)11-8(14)4-3-5-9(11)15/h2-5,12H,1,6-7H2,(H,16,19)/t12-/m1/s1. The number of benzene rings is 1. The quantitative estimate of drug-likeness (QED) is 0.839. The van der Waals surface area contributed by atoms with Crippen molar-refractivity contribution in [1.29, 1.82) is 0 Å². The highest BCUT2D eigenvalue weighted by Gasteiger charge is 2.36. The van der Waals surface area contributed by atoms with Crippen LogP contribution in [0.1, 0.15) is 11.6 Å². The van der Waals surface area contributed by atoms with E-state index < -0.39 is 23.7 Å². The Labute approximate surface area is 114 Å². The smallest absolute Gasteiger partial charge is 0.247 e. The van der Waals surface area contributed by atoms with E-state index in [1.807, 2.05) is 0 Å². The summed E-state index contributed by atoms with van der Waals surface area (Å²) < 4.78 is 13.9. The Morgan fingerprint density at radius 2 is 2.32 bits per heavy atom. The molecule has 1 heterocycles. The fourth-order valence-electron chi connectivity index (χ4n) is 2.08. The Hall–Kier alpha value is -1.88. The van der Waals surface area contributed by atoms with Crippen LogP contribution in [0.3, 0.4) is 0 Å². The lowest BCUT2D eigenvalue weighted by atomic mass is 10.0. The van der Waals surface area contributed by atoms with Crippen LogP contribution in [0.5, 0.6) is 0 Å². The van der Waals surface area contributed by atoms with E-state index in [0.29, 0.717) is 6.54 Å². The molecule has 2 amide bonds. The van der Waals surface area contributed by atoms with Crippen LogP contribution in [0.2, 0.25) is 5.02 Å². The van der Waals surface area contributed by atoms with Gasteiger partial charge in [0, 0.05) is 23.7 Å². The SMILES string of the molecule is C=CC(=O)N1CCNC(=O)[C@H]1c1c(F)cccc1Cl. The summed E-state index contributed by atoms with van der Waals surface area (Å²) in [6, 6.07) is 3.08. The van der Waals surface area contributed by atoms with Gasteiger partial charge in [-0.1, -0.05) is 24.2 Å². The number of halogens is 2. The van der Waals surface area contributed by atoms with Crippen LogP contribution in [0.15, 0.2) is 30.9 Å². The first kappa shape index (κ1) is 13.5. The van der Waals surface area contributed by atoms with Crippen LogP contribution >= 0.6 is 11.6 Å². The monoisotopic (exact) mass is 282 g/mol. The molecular weight excluding hydrogens is 271 g/mol. The number of piperazine rings is 1. The van der Waals surface area contributed by atoms with E-state index in [9.17, 15) is 14.0 Å². The predicted octanol–water partition coefficient (Wildman–Crippen LogP) is 1.66. The molecule has 1 aliphatic heterocycles. The minimum atomic E-state index is -1.06. The van der Waals surface area contributed by atoms with E-state index >= 15 is 0 Å². The number of carbonyl (C=O) groups excluding carboxylic acids is 2. The average Bonchev–Trinajstić information content (AvgIpc) is 2.39. The van der Waals surface area contributed by atoms with Crippen molar-refractivity contribution < 1.29 is 14.0 Å². The average molecular weight is 283 g/mol. The number of rotatable bonds is 2. The molecule has 1 fully saturated rings. The molecule has 0 unspecified atom stereocenters. The molecule has 1 N–H and O–H groups in total. The van der Waals surface area contributed by atoms with Gasteiger partial charge in [0.25, 0.3) is 0 Å². The topological polar surface area (TPSA) is 49.4 Å². The van der Waals surface area contributed by atoms with Gasteiger partial charge in [0.2, 0.25) is 11.8 Å². The maximum Gasteiger partial charge on any atom is 0.247 e. The number of amides is 2. The molecule has 1 aromatic carbocycles. The van der Waals surface area contributed by atoms with E-state index in [-0.39, 0.29) is 17.1 Å². The lowest BCUT2D eigenvalue weighted by Crippen LogP contribution is -2.52. The van der Waals surface area contributed by atoms with E-state index in [0.717, 1.165) is 6.08 Å². The molecule has 2 rings (SSSR count). The maximum absolute atomic E-state index is 13.9. The zero-order valence-electron chi connectivity index (χ0n) is 10.0. The van der Waals surface area contributed by atoms with Gasteiger partial charge in [-0.25, -0.2) is 4.39 Å². The summed E-state index contributed by atoms with van der Waals surface area (Å²) >= 11 is 5.96. The van der Waals surface area contributed by atoms with E-state index in [4.69, 9.17) is 11.6 Å². The number of nitrogens with one attached hydrogen (secondary N) is 1. The second-order valence-corrected chi connectivity index (χ2v) is 4.47. The lowest BCUT2D eigenvalue weighted by Gasteiger charge is -2.35. The Bertz CT molecular complexity index is 527. The van der Waals surface area contributed by atoms with Crippen LogP contribution in [0.25, 0.3) is 0 Å². The van der Waals surface area contributed by atoms with Crippen LogP contribution in [-0.2, 0) is 9.59 Å². The van der Waals surface area contributed by atoms with Gasteiger partial charge in [0.05, 0.1) is 0 Å². The Balaban J connectivity index is 2.51. The number of carbonyl (C=O) groups is 2. The molecule has 19 heavy (non-hydrogen) atoms. The first-order chi connectivity index (χ1) is 9.06. The molecule has 0 saturated carbocycles. The third kappa shape index (κ3) is 2.46. The number of nitrogens with zero attached hydrogens (tertiary/aromatic N) is 1. The summed E-state index contributed by atoms with van der Waals surface area (Å²) in [6.07, 6.45) is 1.10. The zero-order chi connectivity index (χ0) is 14.0.